The molecule has 0 aliphatic carbocycles. The van der Waals surface area contributed by atoms with Gasteiger partial charge >= 0.3 is 7.12 Å². The molecule has 0 spiro atoms. The zero-order valence-corrected chi connectivity index (χ0v) is 11.7. The lowest BCUT2D eigenvalue weighted by atomic mass is 9.80. The molecule has 0 saturated carbocycles. The fourth-order valence-corrected chi connectivity index (χ4v) is 2.02. The third-order valence-corrected chi connectivity index (χ3v) is 3.17. The van der Waals surface area contributed by atoms with Crippen molar-refractivity contribution in [1.29, 1.82) is 0 Å². The van der Waals surface area contributed by atoms with Crippen LogP contribution >= 0.6 is 0 Å². The summed E-state index contributed by atoms with van der Waals surface area (Å²) in [7, 11) is -1.77. The van der Waals surface area contributed by atoms with Gasteiger partial charge in [0.2, 0.25) is 0 Å². The molecule has 6 heteroatoms. The molecule has 2 rings (SSSR count). The summed E-state index contributed by atoms with van der Waals surface area (Å²) in [5.74, 6) is -1.39. The number of hydrogen-bond donors (Lipinski definition) is 3. The van der Waals surface area contributed by atoms with Gasteiger partial charge in [0, 0.05) is 5.69 Å². The van der Waals surface area contributed by atoms with Crippen LogP contribution in [0.15, 0.2) is 36.4 Å². The molecule has 0 fully saturated rings. The molecule has 1 amide bonds. The standard InChI is InChI=1S/C15H15BFNO3/c1-9-3-6-14(10(2)7-9)18-15(19)12-5-4-11(16(20)21)8-13(12)17/h3-8,20-21H,1-2H3,(H,18,19). The van der Waals surface area contributed by atoms with Crippen LogP contribution in [0, 0.1) is 19.7 Å². The van der Waals surface area contributed by atoms with Gasteiger partial charge in [-0.1, -0.05) is 23.8 Å². The average Bonchev–Trinajstić information content (AvgIpc) is 2.41. The SMILES string of the molecule is Cc1ccc(NC(=O)c2ccc(B(O)O)cc2F)c(C)c1. The molecule has 0 atom stereocenters. The van der Waals surface area contributed by atoms with E-state index in [4.69, 9.17) is 10.0 Å². The Balaban J connectivity index is 2.24. The Morgan fingerprint density at radius 1 is 1.14 bits per heavy atom. The van der Waals surface area contributed by atoms with Gasteiger partial charge < -0.3 is 15.4 Å². The van der Waals surface area contributed by atoms with Gasteiger partial charge in [0.1, 0.15) is 5.82 Å². The van der Waals surface area contributed by atoms with Crippen molar-refractivity contribution in [2.75, 3.05) is 5.32 Å². The second kappa shape index (κ2) is 6.07. The Bertz CT molecular complexity index is 689. The maximum Gasteiger partial charge on any atom is 0.488 e. The summed E-state index contributed by atoms with van der Waals surface area (Å²) in [5.41, 5.74) is 2.40. The van der Waals surface area contributed by atoms with Gasteiger partial charge in [0.05, 0.1) is 5.56 Å². The molecule has 0 aromatic heterocycles. The summed E-state index contributed by atoms with van der Waals surface area (Å²) in [6, 6.07) is 8.98. The van der Waals surface area contributed by atoms with E-state index in [0.717, 1.165) is 17.2 Å². The maximum atomic E-state index is 13.8. The fourth-order valence-electron chi connectivity index (χ4n) is 2.02. The molecule has 0 aliphatic heterocycles. The molecule has 0 bridgehead atoms. The first-order valence-electron chi connectivity index (χ1n) is 6.42. The quantitative estimate of drug-likeness (QED) is 0.747. The molecule has 0 heterocycles. The van der Waals surface area contributed by atoms with Crippen LogP contribution in [0.1, 0.15) is 21.5 Å². The molecule has 4 nitrogen and oxygen atoms in total. The van der Waals surface area contributed by atoms with Gasteiger partial charge in [0.15, 0.2) is 0 Å². The number of carbonyl (C=O) groups is 1. The minimum absolute atomic E-state index is 0.00411. The van der Waals surface area contributed by atoms with Crippen molar-refractivity contribution in [3.8, 4) is 0 Å². The lowest BCUT2D eigenvalue weighted by Crippen LogP contribution is -2.30. The van der Waals surface area contributed by atoms with Crippen LogP contribution in [0.4, 0.5) is 10.1 Å². The number of hydrogen-bond acceptors (Lipinski definition) is 3. The van der Waals surface area contributed by atoms with E-state index in [9.17, 15) is 9.18 Å². The van der Waals surface area contributed by atoms with Crippen molar-refractivity contribution in [2.45, 2.75) is 13.8 Å². The Hall–Kier alpha value is -2.18. The van der Waals surface area contributed by atoms with E-state index < -0.39 is 18.8 Å². The summed E-state index contributed by atoms with van der Waals surface area (Å²) >= 11 is 0. The lowest BCUT2D eigenvalue weighted by Gasteiger charge is -2.10. The Morgan fingerprint density at radius 3 is 2.43 bits per heavy atom. The van der Waals surface area contributed by atoms with Crippen LogP contribution in [-0.4, -0.2) is 23.1 Å². The molecule has 3 N–H and O–H groups in total. The number of rotatable bonds is 3. The van der Waals surface area contributed by atoms with Gasteiger partial charge in [0.25, 0.3) is 5.91 Å². The predicted octanol–water partition coefficient (Wildman–Crippen LogP) is 1.37. The molecule has 2 aromatic rings. The average molecular weight is 287 g/mol. The molecule has 0 aliphatic rings. The molecular formula is C15H15BFNO3. The van der Waals surface area contributed by atoms with Crippen molar-refractivity contribution >= 4 is 24.2 Å². The van der Waals surface area contributed by atoms with Gasteiger partial charge in [-0.3, -0.25) is 4.79 Å². The summed E-state index contributed by atoms with van der Waals surface area (Å²) in [4.78, 5) is 12.1. The van der Waals surface area contributed by atoms with Crippen molar-refractivity contribution in [1.82, 2.24) is 0 Å². The van der Waals surface area contributed by atoms with Crippen molar-refractivity contribution in [3.63, 3.8) is 0 Å². The fraction of sp³-hybridized carbons (Fsp3) is 0.133. The van der Waals surface area contributed by atoms with Crippen LogP contribution in [0.3, 0.4) is 0 Å². The van der Waals surface area contributed by atoms with Crippen LogP contribution < -0.4 is 10.8 Å². The lowest BCUT2D eigenvalue weighted by molar-refractivity contribution is 0.102. The third-order valence-electron chi connectivity index (χ3n) is 3.17. The summed E-state index contributed by atoms with van der Waals surface area (Å²) < 4.78 is 13.8. The van der Waals surface area contributed by atoms with Crippen LogP contribution in [0.25, 0.3) is 0 Å². The van der Waals surface area contributed by atoms with Crippen LogP contribution in [0.2, 0.25) is 0 Å². The zero-order valence-electron chi connectivity index (χ0n) is 11.7. The van der Waals surface area contributed by atoms with Crippen LogP contribution in [0.5, 0.6) is 0 Å². The van der Waals surface area contributed by atoms with Crippen LogP contribution in [-0.2, 0) is 0 Å². The van der Waals surface area contributed by atoms with E-state index in [1.807, 2.05) is 26.0 Å². The van der Waals surface area contributed by atoms with Gasteiger partial charge in [-0.15, -0.1) is 0 Å². The first-order chi connectivity index (χ1) is 9.88. The topological polar surface area (TPSA) is 69.6 Å². The maximum absolute atomic E-state index is 13.8. The van der Waals surface area contributed by atoms with E-state index in [0.29, 0.717) is 5.69 Å². The van der Waals surface area contributed by atoms with Crippen molar-refractivity contribution in [2.24, 2.45) is 0 Å². The zero-order chi connectivity index (χ0) is 15.6. The van der Waals surface area contributed by atoms with E-state index in [-0.39, 0.29) is 11.0 Å². The number of benzene rings is 2. The number of aryl methyl sites for hydroxylation is 2. The molecule has 0 unspecified atom stereocenters. The summed E-state index contributed by atoms with van der Waals surface area (Å²) in [5, 5.41) is 20.6. The highest BCUT2D eigenvalue weighted by Gasteiger charge is 2.17. The predicted molar refractivity (Wildman–Crippen MR) is 80.1 cm³/mol. The first kappa shape index (κ1) is 15.2. The Labute approximate surface area is 122 Å². The molecule has 21 heavy (non-hydrogen) atoms. The van der Waals surface area contributed by atoms with Gasteiger partial charge in [-0.25, -0.2) is 4.39 Å². The Morgan fingerprint density at radius 2 is 1.86 bits per heavy atom. The van der Waals surface area contributed by atoms with E-state index in [2.05, 4.69) is 5.32 Å². The molecule has 0 saturated heterocycles. The van der Waals surface area contributed by atoms with E-state index in [1.54, 1.807) is 6.07 Å². The van der Waals surface area contributed by atoms with Crippen molar-refractivity contribution < 1.29 is 19.2 Å². The third kappa shape index (κ3) is 3.48. The minimum Gasteiger partial charge on any atom is -0.423 e. The van der Waals surface area contributed by atoms with Gasteiger partial charge in [-0.2, -0.15) is 0 Å². The highest BCUT2D eigenvalue weighted by molar-refractivity contribution is 6.58. The molecule has 108 valence electrons. The number of amides is 1. The highest BCUT2D eigenvalue weighted by Crippen LogP contribution is 2.17. The highest BCUT2D eigenvalue weighted by atomic mass is 19.1. The van der Waals surface area contributed by atoms with Gasteiger partial charge in [-0.05, 0) is 43.1 Å². The first-order valence-corrected chi connectivity index (χ1v) is 6.42. The second-order valence-electron chi connectivity index (χ2n) is 4.89. The minimum atomic E-state index is -1.77. The number of anilines is 1. The largest absolute Gasteiger partial charge is 0.488 e. The summed E-state index contributed by atoms with van der Waals surface area (Å²) in [6.45, 7) is 3.79. The van der Waals surface area contributed by atoms with E-state index >= 15 is 0 Å². The van der Waals surface area contributed by atoms with E-state index in [1.165, 1.54) is 12.1 Å². The second-order valence-corrected chi connectivity index (χ2v) is 4.89. The van der Waals surface area contributed by atoms with Crippen molar-refractivity contribution in [3.05, 3.63) is 58.9 Å². The smallest absolute Gasteiger partial charge is 0.423 e. The molecule has 2 aromatic carbocycles. The number of carbonyl (C=O) groups excluding carboxylic acids is 1. The Kier molecular flexibility index (Phi) is 4.40. The number of halogens is 1. The monoisotopic (exact) mass is 287 g/mol. The normalized spacial score (nSPS) is 10.3. The number of nitrogens with one attached hydrogen (secondary N) is 1. The summed E-state index contributed by atoms with van der Waals surface area (Å²) in [6.07, 6.45) is 0. The molecule has 0 radical (unpaired) electrons. The molecular weight excluding hydrogens is 272 g/mol.